The van der Waals surface area contributed by atoms with Crippen molar-refractivity contribution >= 4 is 17.7 Å². The highest BCUT2D eigenvalue weighted by atomic mass is 32.2. The van der Waals surface area contributed by atoms with E-state index in [1.54, 1.807) is 28.6 Å². The number of aryl methyl sites for hydroxylation is 1. The Hall–Kier alpha value is -2.65. The number of esters is 1. The number of nitrogens with zero attached hydrogens (tertiary/aromatic N) is 4. The van der Waals surface area contributed by atoms with Crippen LogP contribution in [0.1, 0.15) is 16.1 Å². The van der Waals surface area contributed by atoms with Crippen molar-refractivity contribution < 1.29 is 13.9 Å². The first-order valence-corrected chi connectivity index (χ1v) is 8.99. The molecule has 0 aliphatic carbocycles. The van der Waals surface area contributed by atoms with Gasteiger partial charge in [-0.05, 0) is 34.7 Å². The van der Waals surface area contributed by atoms with Crippen LogP contribution in [-0.2, 0) is 18.3 Å². The summed E-state index contributed by atoms with van der Waals surface area (Å²) >= 11 is 1.59. The predicted octanol–water partition coefficient (Wildman–Crippen LogP) is 2.14. The molecule has 0 saturated heterocycles. The van der Waals surface area contributed by atoms with Crippen LogP contribution in [-0.4, -0.2) is 45.6 Å². The molecule has 136 valence electrons. The molecule has 9 heteroatoms. The van der Waals surface area contributed by atoms with Gasteiger partial charge in [-0.1, -0.05) is 23.9 Å². The first kappa shape index (κ1) is 18.2. The Morgan fingerprint density at radius 1 is 1.27 bits per heavy atom. The van der Waals surface area contributed by atoms with Gasteiger partial charge in [0.15, 0.2) is 0 Å². The van der Waals surface area contributed by atoms with E-state index in [9.17, 15) is 4.79 Å². The molecule has 1 aromatic carbocycles. The van der Waals surface area contributed by atoms with Crippen LogP contribution in [0.3, 0.4) is 0 Å². The van der Waals surface area contributed by atoms with Crippen molar-refractivity contribution in [2.24, 2.45) is 7.05 Å². The summed E-state index contributed by atoms with van der Waals surface area (Å²) < 4.78 is 12.2. The number of tetrazole rings is 1. The Kier molecular flexibility index (Phi) is 6.03. The third-order valence-corrected chi connectivity index (χ3v) is 4.65. The molecule has 0 saturated carbocycles. The van der Waals surface area contributed by atoms with Crippen molar-refractivity contribution in [3.8, 4) is 11.3 Å². The summed E-state index contributed by atoms with van der Waals surface area (Å²) in [5.74, 6) is 2.12. The van der Waals surface area contributed by atoms with Gasteiger partial charge in [0.05, 0.1) is 19.2 Å². The third-order valence-electron chi connectivity index (χ3n) is 3.64. The van der Waals surface area contributed by atoms with Crippen molar-refractivity contribution in [2.45, 2.75) is 11.7 Å². The molecule has 2 aromatic heterocycles. The number of rotatable bonds is 8. The SMILES string of the molecule is COC(=O)c1ccc(-c2ccc(CNCCSc3nnnn3C)o2)cc1. The minimum absolute atomic E-state index is 0.351. The maximum Gasteiger partial charge on any atom is 0.337 e. The predicted molar refractivity (Wildman–Crippen MR) is 96.7 cm³/mol. The average molecular weight is 373 g/mol. The number of methoxy groups -OCH3 is 1. The van der Waals surface area contributed by atoms with Crippen molar-refractivity contribution in [1.29, 1.82) is 0 Å². The fourth-order valence-corrected chi connectivity index (χ4v) is 3.03. The summed E-state index contributed by atoms with van der Waals surface area (Å²) in [5, 5.41) is 15.4. The van der Waals surface area contributed by atoms with E-state index in [4.69, 9.17) is 9.15 Å². The molecular weight excluding hydrogens is 354 g/mol. The van der Waals surface area contributed by atoms with Gasteiger partial charge in [-0.15, -0.1) is 5.10 Å². The lowest BCUT2D eigenvalue weighted by Crippen LogP contribution is -2.16. The molecule has 0 spiro atoms. The van der Waals surface area contributed by atoms with Crippen LogP contribution >= 0.6 is 11.8 Å². The Bertz CT molecular complexity index is 859. The summed E-state index contributed by atoms with van der Waals surface area (Å²) in [6.07, 6.45) is 0. The maximum atomic E-state index is 11.5. The lowest BCUT2D eigenvalue weighted by Gasteiger charge is -2.03. The van der Waals surface area contributed by atoms with E-state index in [1.165, 1.54) is 7.11 Å². The van der Waals surface area contributed by atoms with Gasteiger partial charge < -0.3 is 14.5 Å². The molecule has 0 unspecified atom stereocenters. The summed E-state index contributed by atoms with van der Waals surface area (Å²) in [4.78, 5) is 11.5. The first-order chi connectivity index (χ1) is 12.7. The average Bonchev–Trinajstić information content (AvgIpc) is 3.30. The summed E-state index contributed by atoms with van der Waals surface area (Å²) in [5.41, 5.74) is 1.43. The van der Waals surface area contributed by atoms with E-state index in [0.717, 1.165) is 34.5 Å². The van der Waals surface area contributed by atoms with Crippen LogP contribution in [0, 0.1) is 0 Å². The van der Waals surface area contributed by atoms with Crippen molar-refractivity contribution in [2.75, 3.05) is 19.4 Å². The Balaban J connectivity index is 1.47. The number of hydrogen-bond acceptors (Lipinski definition) is 8. The maximum absolute atomic E-state index is 11.5. The van der Waals surface area contributed by atoms with Crippen LogP contribution < -0.4 is 5.32 Å². The second-order valence-electron chi connectivity index (χ2n) is 5.45. The number of carbonyl (C=O) groups is 1. The largest absolute Gasteiger partial charge is 0.465 e. The van der Waals surface area contributed by atoms with E-state index in [0.29, 0.717) is 12.1 Å². The Morgan fingerprint density at radius 3 is 2.77 bits per heavy atom. The highest BCUT2D eigenvalue weighted by molar-refractivity contribution is 7.99. The molecule has 3 rings (SSSR count). The Labute approximate surface area is 154 Å². The number of nitrogens with one attached hydrogen (secondary N) is 1. The molecule has 1 N–H and O–H groups in total. The fraction of sp³-hybridized carbons (Fsp3) is 0.294. The lowest BCUT2D eigenvalue weighted by atomic mass is 10.1. The topological polar surface area (TPSA) is 95.1 Å². The normalized spacial score (nSPS) is 10.8. The molecule has 0 fully saturated rings. The third kappa shape index (κ3) is 4.50. The van der Waals surface area contributed by atoms with E-state index < -0.39 is 0 Å². The summed E-state index contributed by atoms with van der Waals surface area (Å²) in [6, 6.07) is 11.0. The molecule has 3 aromatic rings. The zero-order valence-corrected chi connectivity index (χ0v) is 15.3. The van der Waals surface area contributed by atoms with Gasteiger partial charge in [0, 0.05) is 24.9 Å². The van der Waals surface area contributed by atoms with E-state index >= 15 is 0 Å². The zero-order valence-electron chi connectivity index (χ0n) is 14.5. The molecule has 0 amide bonds. The number of thioether (sulfide) groups is 1. The van der Waals surface area contributed by atoms with Crippen molar-refractivity contribution in [1.82, 2.24) is 25.5 Å². The van der Waals surface area contributed by atoms with Crippen LogP contribution in [0.15, 0.2) is 46.0 Å². The fourth-order valence-electron chi connectivity index (χ4n) is 2.29. The van der Waals surface area contributed by atoms with Gasteiger partial charge in [-0.3, -0.25) is 0 Å². The van der Waals surface area contributed by atoms with Gasteiger partial charge in [0.2, 0.25) is 5.16 Å². The van der Waals surface area contributed by atoms with E-state index in [-0.39, 0.29) is 5.97 Å². The molecule has 26 heavy (non-hydrogen) atoms. The first-order valence-electron chi connectivity index (χ1n) is 8.00. The van der Waals surface area contributed by atoms with E-state index in [1.807, 2.05) is 31.3 Å². The minimum Gasteiger partial charge on any atom is -0.465 e. The van der Waals surface area contributed by atoms with Crippen molar-refractivity contribution in [3.05, 3.63) is 47.7 Å². The van der Waals surface area contributed by atoms with Crippen LogP contribution in [0.5, 0.6) is 0 Å². The lowest BCUT2D eigenvalue weighted by molar-refractivity contribution is 0.0600. The van der Waals surface area contributed by atoms with Gasteiger partial charge in [-0.2, -0.15) is 0 Å². The zero-order chi connectivity index (χ0) is 18.4. The molecule has 0 atom stereocenters. The highest BCUT2D eigenvalue weighted by Gasteiger charge is 2.08. The number of ether oxygens (including phenoxy) is 1. The number of aromatic nitrogens is 4. The smallest absolute Gasteiger partial charge is 0.337 e. The number of hydrogen-bond donors (Lipinski definition) is 1. The van der Waals surface area contributed by atoms with Gasteiger partial charge in [-0.25, -0.2) is 9.48 Å². The number of furan rings is 1. The molecule has 0 bridgehead atoms. The summed E-state index contributed by atoms with van der Waals surface area (Å²) in [7, 11) is 3.18. The molecule has 8 nitrogen and oxygen atoms in total. The quantitative estimate of drug-likeness (QED) is 0.365. The molecule has 0 radical (unpaired) electrons. The molecule has 0 aliphatic heterocycles. The second-order valence-corrected chi connectivity index (χ2v) is 6.51. The van der Waals surface area contributed by atoms with Crippen molar-refractivity contribution in [3.63, 3.8) is 0 Å². The standard InChI is InChI=1S/C17H19N5O3S/c1-22-17(19-20-21-22)26-10-9-18-11-14-7-8-15(25-14)12-3-5-13(6-4-12)16(23)24-2/h3-8,18H,9-11H2,1-2H3. The second kappa shape index (κ2) is 8.63. The molecular formula is C17H19N5O3S. The summed E-state index contributed by atoms with van der Waals surface area (Å²) in [6.45, 7) is 1.44. The highest BCUT2D eigenvalue weighted by Crippen LogP contribution is 2.23. The molecule has 2 heterocycles. The molecule has 0 aliphatic rings. The number of carbonyl (C=O) groups excluding carboxylic acids is 1. The monoisotopic (exact) mass is 373 g/mol. The minimum atomic E-state index is -0.351. The van der Waals surface area contributed by atoms with Crippen LogP contribution in [0.2, 0.25) is 0 Å². The number of benzene rings is 1. The Morgan fingerprint density at radius 2 is 2.08 bits per heavy atom. The van der Waals surface area contributed by atoms with Crippen LogP contribution in [0.25, 0.3) is 11.3 Å². The van der Waals surface area contributed by atoms with Gasteiger partial charge >= 0.3 is 5.97 Å². The van der Waals surface area contributed by atoms with Crippen LogP contribution in [0.4, 0.5) is 0 Å². The van der Waals surface area contributed by atoms with E-state index in [2.05, 4.69) is 20.8 Å². The van der Waals surface area contributed by atoms with Gasteiger partial charge in [0.25, 0.3) is 0 Å². The van der Waals surface area contributed by atoms with Gasteiger partial charge in [0.1, 0.15) is 11.5 Å².